The van der Waals surface area contributed by atoms with Gasteiger partial charge in [0.25, 0.3) is 10.0 Å². The van der Waals surface area contributed by atoms with Gasteiger partial charge >= 0.3 is 0 Å². The van der Waals surface area contributed by atoms with Crippen molar-refractivity contribution in [3.8, 4) is 0 Å². The zero-order valence-corrected chi connectivity index (χ0v) is 10.4. The van der Waals surface area contributed by atoms with Crippen LogP contribution in [-0.2, 0) is 16.6 Å². The van der Waals surface area contributed by atoms with Crippen molar-refractivity contribution in [2.45, 2.75) is 18.6 Å². The second-order valence-corrected chi connectivity index (χ2v) is 5.36. The molecule has 2 aromatic heterocycles. The molecule has 0 saturated heterocycles. The molecule has 0 aliphatic rings. The third-order valence-corrected chi connectivity index (χ3v) is 3.64. The number of aliphatic hydroxyl groups is 1. The fourth-order valence-corrected chi connectivity index (χ4v) is 2.62. The lowest BCUT2D eigenvalue weighted by Crippen LogP contribution is -2.15. The molecular formula is C10H12N4O3S. The van der Waals surface area contributed by atoms with Crippen molar-refractivity contribution < 1.29 is 13.5 Å². The zero-order chi connectivity index (χ0) is 13.2. The number of nitrogens with one attached hydrogen (secondary N) is 2. The Hall–Kier alpha value is -1.93. The number of H-pyrrole nitrogens is 1. The summed E-state index contributed by atoms with van der Waals surface area (Å²) < 4.78 is 26.4. The van der Waals surface area contributed by atoms with E-state index >= 15 is 0 Å². The normalized spacial score (nSPS) is 11.4. The number of pyridine rings is 1. The van der Waals surface area contributed by atoms with E-state index in [9.17, 15) is 8.42 Å². The minimum absolute atomic E-state index is 0.147. The minimum Gasteiger partial charge on any atom is -0.392 e. The van der Waals surface area contributed by atoms with Gasteiger partial charge in [-0.1, -0.05) is 0 Å². The van der Waals surface area contributed by atoms with Crippen LogP contribution in [0.4, 0.5) is 5.69 Å². The summed E-state index contributed by atoms with van der Waals surface area (Å²) in [7, 11) is -3.80. The van der Waals surface area contributed by atoms with E-state index in [-0.39, 0.29) is 10.6 Å². The number of nitrogens with zero attached hydrogens (tertiary/aromatic N) is 2. The van der Waals surface area contributed by atoms with E-state index in [0.717, 1.165) is 5.56 Å². The summed E-state index contributed by atoms with van der Waals surface area (Å²) in [6.45, 7) is 1.40. The van der Waals surface area contributed by atoms with Crippen LogP contribution in [0.2, 0.25) is 0 Å². The first-order valence-electron chi connectivity index (χ1n) is 5.10. The molecule has 7 nitrogen and oxygen atoms in total. The Labute approximate surface area is 104 Å². The average molecular weight is 268 g/mol. The van der Waals surface area contributed by atoms with Gasteiger partial charge in [-0.15, -0.1) is 0 Å². The summed E-state index contributed by atoms with van der Waals surface area (Å²) in [5.74, 6) is 0. The second-order valence-electron chi connectivity index (χ2n) is 3.74. The van der Waals surface area contributed by atoms with Crippen LogP contribution in [0.15, 0.2) is 29.7 Å². The van der Waals surface area contributed by atoms with Crippen molar-refractivity contribution in [2.75, 3.05) is 4.72 Å². The highest BCUT2D eigenvalue weighted by atomic mass is 32.2. The summed E-state index contributed by atoms with van der Waals surface area (Å²) in [6.07, 6.45) is 4.29. The van der Waals surface area contributed by atoms with Gasteiger partial charge < -0.3 is 5.11 Å². The van der Waals surface area contributed by atoms with E-state index in [4.69, 9.17) is 5.11 Å². The molecule has 0 radical (unpaired) electrons. The largest absolute Gasteiger partial charge is 0.392 e. The lowest BCUT2D eigenvalue weighted by atomic mass is 10.3. The molecule has 8 heteroatoms. The smallest absolute Gasteiger partial charge is 0.279 e. The number of sulfonamides is 1. The fourth-order valence-electron chi connectivity index (χ4n) is 1.46. The fraction of sp³-hybridized carbons (Fsp3) is 0.200. The van der Waals surface area contributed by atoms with Gasteiger partial charge in [0.15, 0.2) is 5.03 Å². The highest BCUT2D eigenvalue weighted by molar-refractivity contribution is 7.92. The van der Waals surface area contributed by atoms with Gasteiger partial charge in [-0.3, -0.25) is 14.8 Å². The first-order valence-corrected chi connectivity index (χ1v) is 6.59. The summed E-state index contributed by atoms with van der Waals surface area (Å²) in [6, 6.07) is 1.65. The van der Waals surface area contributed by atoms with E-state index in [0.29, 0.717) is 5.69 Å². The summed E-state index contributed by atoms with van der Waals surface area (Å²) in [5, 5.41) is 14.8. The van der Waals surface area contributed by atoms with Crippen LogP contribution in [-0.4, -0.2) is 28.7 Å². The molecule has 0 aliphatic heterocycles. The van der Waals surface area contributed by atoms with Gasteiger partial charge in [-0.05, 0) is 18.6 Å². The zero-order valence-electron chi connectivity index (χ0n) is 9.58. The van der Waals surface area contributed by atoms with Gasteiger partial charge in [0, 0.05) is 11.8 Å². The highest BCUT2D eigenvalue weighted by Gasteiger charge is 2.20. The van der Waals surface area contributed by atoms with Gasteiger partial charge in [0.1, 0.15) is 0 Å². The number of aliphatic hydroxyl groups excluding tert-OH is 1. The van der Waals surface area contributed by atoms with Crippen molar-refractivity contribution >= 4 is 15.7 Å². The summed E-state index contributed by atoms with van der Waals surface area (Å²) in [4.78, 5) is 3.89. The molecule has 0 bridgehead atoms. The lowest BCUT2D eigenvalue weighted by Gasteiger charge is -2.07. The molecule has 0 aliphatic carbocycles. The van der Waals surface area contributed by atoms with E-state index < -0.39 is 16.6 Å². The maximum absolute atomic E-state index is 12.0. The highest BCUT2D eigenvalue weighted by Crippen LogP contribution is 2.17. The number of aryl methyl sites for hydroxylation is 1. The molecule has 0 spiro atoms. The summed E-state index contributed by atoms with van der Waals surface area (Å²) in [5.41, 5.74) is 1.40. The summed E-state index contributed by atoms with van der Waals surface area (Å²) >= 11 is 0. The molecule has 3 N–H and O–H groups in total. The molecule has 96 valence electrons. The monoisotopic (exact) mass is 268 g/mol. The SMILES string of the molecule is Cc1cncc(NS(=O)(=O)c2[nH]ncc2CO)c1. The Morgan fingerprint density at radius 2 is 2.17 bits per heavy atom. The van der Waals surface area contributed by atoms with Gasteiger partial charge in [0.05, 0.1) is 24.7 Å². The van der Waals surface area contributed by atoms with Gasteiger partial charge in [-0.2, -0.15) is 13.5 Å². The predicted molar refractivity (Wildman–Crippen MR) is 64.3 cm³/mol. The molecule has 2 aromatic rings. The van der Waals surface area contributed by atoms with E-state index in [2.05, 4.69) is 19.9 Å². The van der Waals surface area contributed by atoms with Crippen LogP contribution in [0.5, 0.6) is 0 Å². The van der Waals surface area contributed by atoms with Crippen LogP contribution < -0.4 is 4.72 Å². The maximum Gasteiger partial charge on any atom is 0.279 e. The molecular weight excluding hydrogens is 256 g/mol. The Kier molecular flexibility index (Phi) is 3.30. The van der Waals surface area contributed by atoms with Crippen LogP contribution in [0.1, 0.15) is 11.1 Å². The molecule has 0 saturated carbocycles. The first kappa shape index (κ1) is 12.5. The van der Waals surface area contributed by atoms with Crippen molar-refractivity contribution in [3.63, 3.8) is 0 Å². The quantitative estimate of drug-likeness (QED) is 0.744. The van der Waals surface area contributed by atoms with Crippen LogP contribution in [0, 0.1) is 6.92 Å². The van der Waals surface area contributed by atoms with Crippen molar-refractivity contribution in [1.29, 1.82) is 0 Å². The molecule has 0 atom stereocenters. The van der Waals surface area contributed by atoms with Crippen molar-refractivity contribution in [3.05, 3.63) is 35.8 Å². The third-order valence-electron chi connectivity index (χ3n) is 2.24. The molecule has 2 heterocycles. The Morgan fingerprint density at radius 1 is 1.39 bits per heavy atom. The van der Waals surface area contributed by atoms with Crippen molar-refractivity contribution in [2.24, 2.45) is 0 Å². The van der Waals surface area contributed by atoms with Crippen LogP contribution in [0.3, 0.4) is 0 Å². The van der Waals surface area contributed by atoms with Gasteiger partial charge in [-0.25, -0.2) is 0 Å². The Morgan fingerprint density at radius 3 is 2.83 bits per heavy atom. The molecule has 2 rings (SSSR count). The second kappa shape index (κ2) is 4.75. The van der Waals surface area contributed by atoms with Crippen LogP contribution in [0.25, 0.3) is 0 Å². The Bertz CT molecular complexity index is 651. The molecule has 0 aromatic carbocycles. The molecule has 0 fully saturated rings. The average Bonchev–Trinajstić information content (AvgIpc) is 2.77. The topological polar surface area (TPSA) is 108 Å². The standard InChI is InChI=1S/C10H12N4O3S/c1-7-2-9(5-11-3-7)14-18(16,17)10-8(6-15)4-12-13-10/h2-5,14-15H,6H2,1H3,(H,12,13). The number of aromatic amines is 1. The molecule has 0 amide bonds. The van der Waals surface area contributed by atoms with Gasteiger partial charge in [0.2, 0.25) is 0 Å². The van der Waals surface area contributed by atoms with E-state index in [1.54, 1.807) is 19.2 Å². The number of aromatic nitrogens is 3. The van der Waals surface area contributed by atoms with E-state index in [1.807, 2.05) is 0 Å². The number of anilines is 1. The number of hydrogen-bond donors (Lipinski definition) is 3. The number of hydrogen-bond acceptors (Lipinski definition) is 5. The van der Waals surface area contributed by atoms with Crippen LogP contribution >= 0.6 is 0 Å². The third kappa shape index (κ3) is 2.49. The minimum atomic E-state index is -3.80. The maximum atomic E-state index is 12.0. The first-order chi connectivity index (χ1) is 8.53. The number of rotatable bonds is 4. The molecule has 18 heavy (non-hydrogen) atoms. The Balaban J connectivity index is 2.33. The predicted octanol–water partition coefficient (Wildman–Crippen LogP) is 0.406. The molecule has 0 unspecified atom stereocenters. The van der Waals surface area contributed by atoms with Crippen molar-refractivity contribution in [1.82, 2.24) is 15.2 Å². The lowest BCUT2D eigenvalue weighted by molar-refractivity contribution is 0.278. The van der Waals surface area contributed by atoms with E-state index in [1.165, 1.54) is 12.4 Å².